The molecule has 3 N–H and O–H groups in total. The van der Waals surface area contributed by atoms with E-state index in [1.54, 1.807) is 12.1 Å². The van der Waals surface area contributed by atoms with Crippen LogP contribution in [0.25, 0.3) is 0 Å². The third-order valence-electron chi connectivity index (χ3n) is 3.71. The summed E-state index contributed by atoms with van der Waals surface area (Å²) in [7, 11) is 0. The van der Waals surface area contributed by atoms with Gasteiger partial charge in [0.15, 0.2) is 0 Å². The number of carbonyl (C=O) groups excluding carboxylic acids is 1. The molecule has 0 spiro atoms. The Kier molecular flexibility index (Phi) is 5.08. The summed E-state index contributed by atoms with van der Waals surface area (Å²) in [6.07, 6.45) is 9.00. The molecule has 1 aliphatic rings. The molecule has 2 rings (SSSR count). The molecule has 1 aliphatic carbocycles. The van der Waals surface area contributed by atoms with Crippen molar-refractivity contribution in [2.75, 3.05) is 5.32 Å². The molecule has 1 aromatic carbocycles. The van der Waals surface area contributed by atoms with Crippen molar-refractivity contribution in [3.63, 3.8) is 0 Å². The highest BCUT2D eigenvalue weighted by molar-refractivity contribution is 6.34. The monoisotopic (exact) mass is 280 g/mol. The zero-order valence-corrected chi connectivity index (χ0v) is 11.9. The highest BCUT2D eigenvalue weighted by Crippen LogP contribution is 2.24. The number of nitrogens with two attached hydrogens (primary N) is 1. The van der Waals surface area contributed by atoms with Gasteiger partial charge in [-0.3, -0.25) is 4.79 Å². The molecular formula is C15H21ClN2O. The average molecular weight is 281 g/mol. The van der Waals surface area contributed by atoms with Crippen LogP contribution in [-0.4, -0.2) is 11.9 Å². The van der Waals surface area contributed by atoms with Crippen molar-refractivity contribution < 1.29 is 4.79 Å². The first kappa shape index (κ1) is 14.2. The van der Waals surface area contributed by atoms with Gasteiger partial charge in [0, 0.05) is 11.7 Å². The number of primary amides is 1. The lowest BCUT2D eigenvalue weighted by molar-refractivity contribution is 0.100. The Morgan fingerprint density at radius 1 is 1.16 bits per heavy atom. The fourth-order valence-corrected chi connectivity index (χ4v) is 2.91. The Bertz CT molecular complexity index is 440. The molecule has 0 atom stereocenters. The summed E-state index contributed by atoms with van der Waals surface area (Å²) in [5.74, 6) is -0.484. The van der Waals surface area contributed by atoms with E-state index in [1.165, 1.54) is 44.9 Å². The van der Waals surface area contributed by atoms with Crippen LogP contribution in [0.4, 0.5) is 5.69 Å². The molecule has 1 saturated carbocycles. The van der Waals surface area contributed by atoms with Crippen LogP contribution in [0.15, 0.2) is 18.2 Å². The number of hydrogen-bond donors (Lipinski definition) is 2. The van der Waals surface area contributed by atoms with Gasteiger partial charge in [-0.25, -0.2) is 0 Å². The molecule has 0 aliphatic heterocycles. The number of amides is 1. The van der Waals surface area contributed by atoms with Gasteiger partial charge in [0.2, 0.25) is 5.91 Å². The summed E-state index contributed by atoms with van der Waals surface area (Å²) in [6.45, 7) is 0. The van der Waals surface area contributed by atoms with Gasteiger partial charge in [0.1, 0.15) is 0 Å². The van der Waals surface area contributed by atoms with E-state index in [0.717, 1.165) is 5.69 Å². The van der Waals surface area contributed by atoms with Crippen molar-refractivity contribution in [1.82, 2.24) is 0 Å². The zero-order valence-electron chi connectivity index (χ0n) is 11.1. The van der Waals surface area contributed by atoms with Gasteiger partial charge < -0.3 is 11.1 Å². The lowest BCUT2D eigenvalue weighted by Crippen LogP contribution is -2.20. The number of rotatable bonds is 3. The summed E-state index contributed by atoms with van der Waals surface area (Å²) in [5.41, 5.74) is 6.60. The maximum Gasteiger partial charge on any atom is 0.250 e. The largest absolute Gasteiger partial charge is 0.382 e. The van der Waals surface area contributed by atoms with Crippen molar-refractivity contribution in [1.29, 1.82) is 0 Å². The molecule has 0 radical (unpaired) electrons. The summed E-state index contributed by atoms with van der Waals surface area (Å²) >= 11 is 6.06. The lowest BCUT2D eigenvalue weighted by Gasteiger charge is -2.22. The zero-order chi connectivity index (χ0) is 13.7. The van der Waals surface area contributed by atoms with Gasteiger partial charge in [0.25, 0.3) is 0 Å². The molecule has 1 aromatic rings. The minimum atomic E-state index is -0.484. The molecule has 0 saturated heterocycles. The first-order chi connectivity index (χ1) is 9.16. The van der Waals surface area contributed by atoms with Gasteiger partial charge in [-0.2, -0.15) is 0 Å². The van der Waals surface area contributed by atoms with E-state index in [1.807, 2.05) is 6.07 Å². The number of hydrogen-bond acceptors (Lipinski definition) is 2. The molecule has 1 amide bonds. The Morgan fingerprint density at radius 2 is 1.79 bits per heavy atom. The molecule has 4 heteroatoms. The predicted molar refractivity (Wildman–Crippen MR) is 79.7 cm³/mol. The van der Waals surface area contributed by atoms with Crippen LogP contribution in [0.5, 0.6) is 0 Å². The van der Waals surface area contributed by atoms with Crippen molar-refractivity contribution in [2.24, 2.45) is 5.73 Å². The topological polar surface area (TPSA) is 55.1 Å². The van der Waals surface area contributed by atoms with E-state index in [-0.39, 0.29) is 0 Å². The fraction of sp³-hybridized carbons (Fsp3) is 0.533. The van der Waals surface area contributed by atoms with Crippen molar-refractivity contribution in [3.05, 3.63) is 28.8 Å². The molecule has 19 heavy (non-hydrogen) atoms. The second-order valence-corrected chi connectivity index (χ2v) is 5.65. The van der Waals surface area contributed by atoms with E-state index in [0.29, 0.717) is 16.6 Å². The standard InChI is InChI=1S/C15H21ClN2O/c16-14-10-12(8-9-13(14)15(17)19)18-11-6-4-2-1-3-5-7-11/h8-11,18H,1-7H2,(H2,17,19). The maximum absolute atomic E-state index is 11.1. The van der Waals surface area contributed by atoms with Gasteiger partial charge in [0.05, 0.1) is 10.6 Å². The van der Waals surface area contributed by atoms with Crippen molar-refractivity contribution >= 4 is 23.2 Å². The maximum atomic E-state index is 11.1. The van der Waals surface area contributed by atoms with Crippen LogP contribution in [0, 0.1) is 0 Å². The summed E-state index contributed by atoms with van der Waals surface area (Å²) < 4.78 is 0. The predicted octanol–water partition coefficient (Wildman–Crippen LogP) is 3.96. The van der Waals surface area contributed by atoms with Crippen LogP contribution < -0.4 is 11.1 Å². The molecular weight excluding hydrogens is 260 g/mol. The molecule has 104 valence electrons. The van der Waals surface area contributed by atoms with Gasteiger partial charge >= 0.3 is 0 Å². The Hall–Kier alpha value is -1.22. The highest BCUT2D eigenvalue weighted by Gasteiger charge is 2.12. The van der Waals surface area contributed by atoms with E-state index in [9.17, 15) is 4.79 Å². The second kappa shape index (κ2) is 6.80. The third kappa shape index (κ3) is 4.13. The smallest absolute Gasteiger partial charge is 0.250 e. The number of carbonyl (C=O) groups is 1. The highest BCUT2D eigenvalue weighted by atomic mass is 35.5. The molecule has 3 nitrogen and oxygen atoms in total. The molecule has 0 aromatic heterocycles. The fourth-order valence-electron chi connectivity index (χ4n) is 2.64. The quantitative estimate of drug-likeness (QED) is 0.880. The molecule has 0 bridgehead atoms. The molecule has 0 unspecified atom stereocenters. The van der Waals surface area contributed by atoms with E-state index in [2.05, 4.69) is 5.32 Å². The van der Waals surface area contributed by atoms with Crippen LogP contribution in [0.3, 0.4) is 0 Å². The van der Waals surface area contributed by atoms with Gasteiger partial charge in [-0.05, 0) is 31.0 Å². The number of anilines is 1. The van der Waals surface area contributed by atoms with E-state index < -0.39 is 5.91 Å². The van der Waals surface area contributed by atoms with Crippen molar-refractivity contribution in [3.8, 4) is 0 Å². The molecule has 0 heterocycles. The van der Waals surface area contributed by atoms with Gasteiger partial charge in [-0.1, -0.05) is 43.7 Å². The number of benzene rings is 1. The number of halogens is 1. The van der Waals surface area contributed by atoms with Crippen LogP contribution in [0.1, 0.15) is 55.3 Å². The summed E-state index contributed by atoms with van der Waals surface area (Å²) in [6, 6.07) is 5.87. The lowest BCUT2D eigenvalue weighted by atomic mass is 9.96. The van der Waals surface area contributed by atoms with Gasteiger partial charge in [-0.15, -0.1) is 0 Å². The Morgan fingerprint density at radius 3 is 2.37 bits per heavy atom. The van der Waals surface area contributed by atoms with Crippen molar-refractivity contribution in [2.45, 2.75) is 51.0 Å². The third-order valence-corrected chi connectivity index (χ3v) is 4.02. The first-order valence-corrected chi connectivity index (χ1v) is 7.40. The average Bonchev–Trinajstić information content (AvgIpc) is 2.32. The van der Waals surface area contributed by atoms with E-state index in [4.69, 9.17) is 17.3 Å². The first-order valence-electron chi connectivity index (χ1n) is 7.02. The SMILES string of the molecule is NC(=O)c1ccc(NC2CCCCCCC2)cc1Cl. The minimum Gasteiger partial charge on any atom is -0.382 e. The van der Waals surface area contributed by atoms with Crippen LogP contribution in [0.2, 0.25) is 5.02 Å². The minimum absolute atomic E-state index is 0.380. The normalized spacial score (nSPS) is 17.5. The summed E-state index contributed by atoms with van der Waals surface area (Å²) in [5, 5.41) is 3.94. The number of nitrogens with one attached hydrogen (secondary N) is 1. The summed E-state index contributed by atoms with van der Waals surface area (Å²) in [4.78, 5) is 11.1. The molecule has 1 fully saturated rings. The van der Waals surface area contributed by atoms with E-state index >= 15 is 0 Å². The Balaban J connectivity index is 2.01. The van der Waals surface area contributed by atoms with Crippen LogP contribution in [-0.2, 0) is 0 Å². The second-order valence-electron chi connectivity index (χ2n) is 5.25. The van der Waals surface area contributed by atoms with Crippen LogP contribution >= 0.6 is 11.6 Å². The Labute approximate surface area is 119 Å².